The maximum Gasteiger partial charge on any atom is 0.238 e. The summed E-state index contributed by atoms with van der Waals surface area (Å²) in [7, 11) is 3.83. The summed E-state index contributed by atoms with van der Waals surface area (Å²) in [5, 5.41) is 7.24. The zero-order valence-corrected chi connectivity index (χ0v) is 12.8. The van der Waals surface area contributed by atoms with Gasteiger partial charge in [0.05, 0.1) is 29.7 Å². The molecule has 1 aliphatic heterocycles. The van der Waals surface area contributed by atoms with Crippen LogP contribution in [0.3, 0.4) is 0 Å². The molecule has 6 heteroatoms. The molecule has 1 aromatic rings. The molecule has 1 aliphatic rings. The van der Waals surface area contributed by atoms with E-state index in [1.165, 1.54) is 0 Å². The molecule has 1 unspecified atom stereocenters. The first-order chi connectivity index (χ1) is 9.47. The van der Waals surface area contributed by atoms with Gasteiger partial charge in [-0.3, -0.25) is 14.4 Å². The lowest BCUT2D eigenvalue weighted by Gasteiger charge is -2.19. The Kier molecular flexibility index (Phi) is 4.77. The number of hydrogen-bond donors (Lipinski definition) is 1. The minimum absolute atomic E-state index is 0.00954. The van der Waals surface area contributed by atoms with Gasteiger partial charge in [0.1, 0.15) is 0 Å². The van der Waals surface area contributed by atoms with E-state index >= 15 is 0 Å². The van der Waals surface area contributed by atoms with E-state index in [1.54, 1.807) is 4.68 Å². The highest BCUT2D eigenvalue weighted by Crippen LogP contribution is 2.18. The molecule has 0 aliphatic carbocycles. The Morgan fingerprint density at radius 2 is 2.30 bits per heavy atom. The van der Waals surface area contributed by atoms with Crippen molar-refractivity contribution in [2.24, 2.45) is 7.05 Å². The van der Waals surface area contributed by atoms with Gasteiger partial charge in [-0.25, -0.2) is 0 Å². The van der Waals surface area contributed by atoms with E-state index in [0.29, 0.717) is 6.54 Å². The number of carbonyl (C=O) groups is 1. The van der Waals surface area contributed by atoms with Crippen molar-refractivity contribution in [2.45, 2.75) is 32.8 Å². The molecule has 2 rings (SSSR count). The normalized spacial score (nSPS) is 18.8. The van der Waals surface area contributed by atoms with Crippen molar-refractivity contribution in [2.75, 3.05) is 32.1 Å². The fourth-order valence-electron chi connectivity index (χ4n) is 2.58. The molecule has 6 nitrogen and oxygen atoms in total. The minimum atomic E-state index is -0.00954. The number of rotatable bonds is 5. The third-order valence-corrected chi connectivity index (χ3v) is 3.73. The van der Waals surface area contributed by atoms with Crippen molar-refractivity contribution in [3.05, 3.63) is 11.4 Å². The Labute approximate surface area is 120 Å². The smallest absolute Gasteiger partial charge is 0.238 e. The van der Waals surface area contributed by atoms with Crippen LogP contribution in [0.2, 0.25) is 0 Å². The number of aromatic nitrogens is 2. The lowest BCUT2D eigenvalue weighted by atomic mass is 10.2. The number of aryl methyl sites for hydroxylation is 2. The van der Waals surface area contributed by atoms with Crippen molar-refractivity contribution in [1.82, 2.24) is 14.7 Å². The molecule has 1 N–H and O–H groups in total. The van der Waals surface area contributed by atoms with Gasteiger partial charge in [0.25, 0.3) is 0 Å². The van der Waals surface area contributed by atoms with Gasteiger partial charge >= 0.3 is 0 Å². The second kappa shape index (κ2) is 6.37. The molecule has 2 heterocycles. The van der Waals surface area contributed by atoms with Crippen LogP contribution in [0, 0.1) is 13.8 Å². The standard InChI is InChI=1S/C14H24N4O2/c1-10-14(11(2)18(4)16-10)15-13(19)9-17(3)8-12-6-5-7-20-12/h12H,5-9H2,1-4H3,(H,15,19). The zero-order chi connectivity index (χ0) is 14.7. The average molecular weight is 280 g/mol. The first kappa shape index (κ1) is 15.0. The molecule has 1 aromatic heterocycles. The van der Waals surface area contributed by atoms with Gasteiger partial charge in [-0.05, 0) is 33.7 Å². The van der Waals surface area contributed by atoms with Crippen LogP contribution < -0.4 is 5.32 Å². The molecule has 1 saturated heterocycles. The molecule has 0 bridgehead atoms. The summed E-state index contributed by atoms with van der Waals surface area (Å²) in [4.78, 5) is 14.1. The zero-order valence-electron chi connectivity index (χ0n) is 12.8. The maximum absolute atomic E-state index is 12.1. The summed E-state index contributed by atoms with van der Waals surface area (Å²) >= 11 is 0. The fraction of sp³-hybridized carbons (Fsp3) is 0.714. The first-order valence-corrected chi connectivity index (χ1v) is 7.07. The van der Waals surface area contributed by atoms with Crippen LogP contribution in [0.5, 0.6) is 0 Å². The molecular formula is C14H24N4O2. The number of ether oxygens (including phenoxy) is 1. The highest BCUT2D eigenvalue weighted by Gasteiger charge is 2.19. The Bertz CT molecular complexity index is 478. The highest BCUT2D eigenvalue weighted by molar-refractivity contribution is 5.93. The van der Waals surface area contributed by atoms with Crippen molar-refractivity contribution in [3.8, 4) is 0 Å². The molecule has 0 radical (unpaired) electrons. The molecule has 1 amide bonds. The quantitative estimate of drug-likeness (QED) is 0.877. The van der Waals surface area contributed by atoms with Crippen LogP contribution in [0.15, 0.2) is 0 Å². The molecule has 112 valence electrons. The number of anilines is 1. The molecule has 0 aromatic carbocycles. The molecule has 1 atom stereocenters. The largest absolute Gasteiger partial charge is 0.377 e. The number of amides is 1. The number of nitrogens with zero attached hydrogens (tertiary/aromatic N) is 3. The van der Waals surface area contributed by atoms with Gasteiger partial charge in [0, 0.05) is 20.2 Å². The van der Waals surface area contributed by atoms with E-state index < -0.39 is 0 Å². The Balaban J connectivity index is 1.85. The van der Waals surface area contributed by atoms with Crippen LogP contribution in [-0.2, 0) is 16.6 Å². The van der Waals surface area contributed by atoms with E-state index in [-0.39, 0.29) is 12.0 Å². The van der Waals surface area contributed by atoms with Gasteiger partial charge in [-0.15, -0.1) is 0 Å². The third-order valence-electron chi connectivity index (χ3n) is 3.73. The SMILES string of the molecule is Cc1nn(C)c(C)c1NC(=O)CN(C)CC1CCCO1. The Morgan fingerprint density at radius 3 is 2.85 bits per heavy atom. The van der Waals surface area contributed by atoms with Gasteiger partial charge in [-0.1, -0.05) is 0 Å². The molecule has 20 heavy (non-hydrogen) atoms. The fourth-order valence-corrected chi connectivity index (χ4v) is 2.58. The Morgan fingerprint density at radius 1 is 1.55 bits per heavy atom. The summed E-state index contributed by atoms with van der Waals surface area (Å²) in [5.41, 5.74) is 2.64. The second-order valence-corrected chi connectivity index (χ2v) is 5.55. The summed E-state index contributed by atoms with van der Waals surface area (Å²) in [5.74, 6) is -0.00954. The molecular weight excluding hydrogens is 256 g/mol. The molecule has 0 saturated carbocycles. The average Bonchev–Trinajstić information content (AvgIpc) is 2.94. The van der Waals surface area contributed by atoms with Gasteiger partial charge < -0.3 is 10.1 Å². The van der Waals surface area contributed by atoms with Crippen LogP contribution in [0.25, 0.3) is 0 Å². The number of likely N-dealkylation sites (N-methyl/N-ethyl adjacent to an activating group) is 1. The predicted molar refractivity (Wildman–Crippen MR) is 77.8 cm³/mol. The number of hydrogen-bond acceptors (Lipinski definition) is 4. The van der Waals surface area contributed by atoms with Crippen molar-refractivity contribution >= 4 is 11.6 Å². The molecule has 1 fully saturated rings. The summed E-state index contributed by atoms with van der Waals surface area (Å²) in [6, 6.07) is 0. The van der Waals surface area contributed by atoms with Crippen molar-refractivity contribution < 1.29 is 9.53 Å². The Hall–Kier alpha value is -1.40. The van der Waals surface area contributed by atoms with E-state index in [2.05, 4.69) is 10.4 Å². The summed E-state index contributed by atoms with van der Waals surface area (Å²) in [6.45, 7) is 5.87. The topological polar surface area (TPSA) is 59.4 Å². The van der Waals surface area contributed by atoms with Crippen molar-refractivity contribution in [3.63, 3.8) is 0 Å². The lowest BCUT2D eigenvalue weighted by Crippen LogP contribution is -2.35. The molecule has 0 spiro atoms. The maximum atomic E-state index is 12.1. The van der Waals surface area contributed by atoms with Crippen LogP contribution in [0.4, 0.5) is 5.69 Å². The summed E-state index contributed by atoms with van der Waals surface area (Å²) < 4.78 is 7.36. The lowest BCUT2D eigenvalue weighted by molar-refractivity contribution is -0.117. The van der Waals surface area contributed by atoms with Crippen LogP contribution >= 0.6 is 0 Å². The van der Waals surface area contributed by atoms with E-state index in [0.717, 1.165) is 43.1 Å². The third kappa shape index (κ3) is 3.58. The van der Waals surface area contributed by atoms with E-state index in [9.17, 15) is 4.79 Å². The van der Waals surface area contributed by atoms with E-state index in [4.69, 9.17) is 4.74 Å². The van der Waals surface area contributed by atoms with Crippen LogP contribution in [0.1, 0.15) is 24.2 Å². The number of carbonyl (C=O) groups excluding carboxylic acids is 1. The van der Waals surface area contributed by atoms with Crippen molar-refractivity contribution in [1.29, 1.82) is 0 Å². The van der Waals surface area contributed by atoms with Gasteiger partial charge in [0.2, 0.25) is 5.91 Å². The van der Waals surface area contributed by atoms with Gasteiger partial charge in [-0.2, -0.15) is 5.10 Å². The van der Waals surface area contributed by atoms with Gasteiger partial charge in [0.15, 0.2) is 0 Å². The van der Waals surface area contributed by atoms with E-state index in [1.807, 2.05) is 32.8 Å². The number of nitrogens with one attached hydrogen (secondary N) is 1. The second-order valence-electron chi connectivity index (χ2n) is 5.55. The predicted octanol–water partition coefficient (Wildman–Crippen LogP) is 1.09. The first-order valence-electron chi connectivity index (χ1n) is 7.07. The van der Waals surface area contributed by atoms with Crippen LogP contribution in [-0.4, -0.2) is 53.4 Å². The summed E-state index contributed by atoms with van der Waals surface area (Å²) in [6.07, 6.45) is 2.49. The highest BCUT2D eigenvalue weighted by atomic mass is 16.5. The monoisotopic (exact) mass is 280 g/mol. The minimum Gasteiger partial charge on any atom is -0.377 e.